The van der Waals surface area contributed by atoms with Gasteiger partial charge in [-0.05, 0) is 49.8 Å². The number of rotatable bonds is 3. The Morgan fingerprint density at radius 3 is 2.50 bits per heavy atom. The minimum atomic E-state index is -0.147. The molecule has 5 nitrogen and oxygen atoms in total. The molecule has 152 valence electrons. The molecule has 0 radical (unpaired) electrons. The minimum Gasteiger partial charge on any atom is -0.341 e. The highest BCUT2D eigenvalue weighted by molar-refractivity contribution is 6.30. The zero-order valence-electron chi connectivity index (χ0n) is 17.2. The van der Waals surface area contributed by atoms with Crippen LogP contribution < -0.4 is 5.32 Å². The van der Waals surface area contributed by atoms with Crippen molar-refractivity contribution in [2.24, 2.45) is 17.3 Å². The second kappa shape index (κ2) is 8.16. The maximum atomic E-state index is 13.1. The van der Waals surface area contributed by atoms with Gasteiger partial charge in [0, 0.05) is 36.9 Å². The van der Waals surface area contributed by atoms with Gasteiger partial charge < -0.3 is 15.1 Å². The number of allylic oxidation sites excluding steroid dienone is 2. The SMILES string of the molecule is CC(C)=C[C@H]1[C@H](C(=O)N2CCCN(C(=O)Nc3cccc(Cl)c3)CC2)C1(C)C. The van der Waals surface area contributed by atoms with Gasteiger partial charge in [0.1, 0.15) is 0 Å². The Kier molecular flexibility index (Phi) is 6.04. The molecule has 2 atom stereocenters. The van der Waals surface area contributed by atoms with E-state index in [0.717, 1.165) is 6.42 Å². The highest BCUT2D eigenvalue weighted by atomic mass is 35.5. The molecule has 6 heteroatoms. The number of nitrogens with one attached hydrogen (secondary N) is 1. The summed E-state index contributed by atoms with van der Waals surface area (Å²) in [6.07, 6.45) is 3.01. The lowest BCUT2D eigenvalue weighted by atomic mass is 10.1. The van der Waals surface area contributed by atoms with E-state index in [1.54, 1.807) is 23.1 Å². The van der Waals surface area contributed by atoms with E-state index in [4.69, 9.17) is 11.6 Å². The Morgan fingerprint density at radius 1 is 1.14 bits per heavy atom. The van der Waals surface area contributed by atoms with Crippen molar-refractivity contribution in [2.75, 3.05) is 31.5 Å². The van der Waals surface area contributed by atoms with Crippen molar-refractivity contribution in [1.82, 2.24) is 9.80 Å². The molecule has 1 aliphatic carbocycles. The van der Waals surface area contributed by atoms with Crippen molar-refractivity contribution >= 4 is 29.2 Å². The van der Waals surface area contributed by atoms with Crippen molar-refractivity contribution < 1.29 is 9.59 Å². The molecule has 0 unspecified atom stereocenters. The molecule has 1 saturated heterocycles. The molecule has 28 heavy (non-hydrogen) atoms. The van der Waals surface area contributed by atoms with E-state index in [9.17, 15) is 9.59 Å². The number of benzene rings is 1. The van der Waals surface area contributed by atoms with Crippen molar-refractivity contribution in [3.8, 4) is 0 Å². The lowest BCUT2D eigenvalue weighted by molar-refractivity contribution is -0.133. The molecular formula is C22H30ClN3O2. The summed E-state index contributed by atoms with van der Waals surface area (Å²) in [5.41, 5.74) is 1.96. The summed E-state index contributed by atoms with van der Waals surface area (Å²) in [5.74, 6) is 0.592. The third-order valence-electron chi connectivity index (χ3n) is 5.86. The first-order chi connectivity index (χ1) is 13.2. The average molecular weight is 404 g/mol. The molecule has 1 aromatic rings. The maximum Gasteiger partial charge on any atom is 0.321 e. The molecule has 3 amide bonds. The van der Waals surface area contributed by atoms with Crippen LogP contribution in [0.15, 0.2) is 35.9 Å². The molecule has 0 bridgehead atoms. The Labute approximate surface area is 172 Å². The molecule has 1 aromatic carbocycles. The largest absolute Gasteiger partial charge is 0.341 e. The molecule has 0 spiro atoms. The summed E-state index contributed by atoms with van der Waals surface area (Å²) >= 11 is 5.98. The van der Waals surface area contributed by atoms with Gasteiger partial charge in [-0.3, -0.25) is 4.79 Å². The molecule has 1 N–H and O–H groups in total. The number of hydrogen-bond donors (Lipinski definition) is 1. The first-order valence-electron chi connectivity index (χ1n) is 9.95. The van der Waals surface area contributed by atoms with Crippen LogP contribution in [0.2, 0.25) is 5.02 Å². The first-order valence-corrected chi connectivity index (χ1v) is 10.3. The van der Waals surface area contributed by atoms with E-state index in [-0.39, 0.29) is 23.3 Å². The van der Waals surface area contributed by atoms with Gasteiger partial charge in [-0.15, -0.1) is 0 Å². The highest BCUT2D eigenvalue weighted by Crippen LogP contribution is 2.60. The van der Waals surface area contributed by atoms with Crippen molar-refractivity contribution in [2.45, 2.75) is 34.1 Å². The Balaban J connectivity index is 1.58. The standard InChI is InChI=1S/C22H30ClN3O2/c1-15(2)13-18-19(22(18,3)4)20(27)25-9-6-10-26(12-11-25)21(28)24-17-8-5-7-16(23)14-17/h5,7-8,13-14,18-19H,6,9-12H2,1-4H3,(H,24,28)/t18-,19+/m0/s1. The van der Waals surface area contributed by atoms with Gasteiger partial charge in [0.2, 0.25) is 5.91 Å². The van der Waals surface area contributed by atoms with Crippen molar-refractivity contribution in [3.63, 3.8) is 0 Å². The lowest BCUT2D eigenvalue weighted by Crippen LogP contribution is -2.40. The molecule has 1 saturated carbocycles. The van der Waals surface area contributed by atoms with Gasteiger partial charge in [0.15, 0.2) is 0 Å². The van der Waals surface area contributed by atoms with Gasteiger partial charge in [-0.25, -0.2) is 4.79 Å². The van der Waals surface area contributed by atoms with E-state index in [2.05, 4.69) is 39.1 Å². The minimum absolute atomic E-state index is 0.0182. The second-order valence-electron chi connectivity index (χ2n) is 8.68. The predicted octanol–water partition coefficient (Wildman–Crippen LogP) is 4.64. The summed E-state index contributed by atoms with van der Waals surface area (Å²) in [5, 5.41) is 3.48. The molecule has 1 heterocycles. The van der Waals surface area contributed by atoms with Gasteiger partial charge in [0.25, 0.3) is 0 Å². The van der Waals surface area contributed by atoms with Crippen LogP contribution in [-0.2, 0) is 4.79 Å². The van der Waals surface area contributed by atoms with Crippen LogP contribution in [0.4, 0.5) is 10.5 Å². The fourth-order valence-corrected chi connectivity index (χ4v) is 4.32. The maximum absolute atomic E-state index is 13.1. The summed E-state index contributed by atoms with van der Waals surface area (Å²) in [4.78, 5) is 29.4. The first kappa shape index (κ1) is 20.7. The lowest BCUT2D eigenvalue weighted by Gasteiger charge is -2.23. The fraction of sp³-hybridized carbons (Fsp3) is 0.545. The molecule has 2 fully saturated rings. The number of carbonyl (C=O) groups excluding carboxylic acids is 2. The Hall–Kier alpha value is -2.01. The number of anilines is 1. The highest BCUT2D eigenvalue weighted by Gasteiger charge is 2.61. The summed E-state index contributed by atoms with van der Waals surface area (Å²) in [6.45, 7) is 11.0. The van der Waals surface area contributed by atoms with Crippen LogP contribution in [-0.4, -0.2) is 47.9 Å². The Bertz CT molecular complexity index is 786. The molecular weight excluding hydrogens is 374 g/mol. The van der Waals surface area contributed by atoms with E-state index in [0.29, 0.717) is 42.8 Å². The number of urea groups is 1. The van der Waals surface area contributed by atoms with Crippen molar-refractivity contribution in [1.29, 1.82) is 0 Å². The van der Waals surface area contributed by atoms with Crippen molar-refractivity contribution in [3.05, 3.63) is 40.9 Å². The topological polar surface area (TPSA) is 52.7 Å². The van der Waals surface area contributed by atoms with Gasteiger partial charge in [0.05, 0.1) is 5.92 Å². The van der Waals surface area contributed by atoms with Crippen LogP contribution in [0.1, 0.15) is 34.1 Å². The summed E-state index contributed by atoms with van der Waals surface area (Å²) in [7, 11) is 0. The molecule has 0 aromatic heterocycles. The van der Waals surface area contributed by atoms with E-state index in [1.165, 1.54) is 5.57 Å². The Morgan fingerprint density at radius 2 is 1.82 bits per heavy atom. The number of hydrogen-bond acceptors (Lipinski definition) is 2. The van der Waals surface area contributed by atoms with Crippen LogP contribution >= 0.6 is 11.6 Å². The van der Waals surface area contributed by atoms with Gasteiger partial charge in [-0.2, -0.15) is 0 Å². The molecule has 1 aliphatic heterocycles. The summed E-state index contributed by atoms with van der Waals surface area (Å²) < 4.78 is 0. The third-order valence-corrected chi connectivity index (χ3v) is 6.10. The van der Waals surface area contributed by atoms with E-state index >= 15 is 0 Å². The number of halogens is 1. The number of amides is 3. The predicted molar refractivity (Wildman–Crippen MR) is 113 cm³/mol. The van der Waals surface area contributed by atoms with E-state index < -0.39 is 0 Å². The quantitative estimate of drug-likeness (QED) is 0.747. The van der Waals surface area contributed by atoms with Crippen LogP contribution in [0, 0.1) is 17.3 Å². The van der Waals surface area contributed by atoms with Crippen LogP contribution in [0.3, 0.4) is 0 Å². The van der Waals surface area contributed by atoms with E-state index in [1.807, 2.05) is 11.0 Å². The molecule has 2 aliphatic rings. The third kappa shape index (κ3) is 4.52. The van der Waals surface area contributed by atoms with Gasteiger partial charge >= 0.3 is 6.03 Å². The average Bonchev–Trinajstić information content (AvgIpc) is 3.23. The summed E-state index contributed by atoms with van der Waals surface area (Å²) in [6, 6.07) is 6.97. The normalized spacial score (nSPS) is 23.6. The number of nitrogens with zero attached hydrogens (tertiary/aromatic N) is 2. The zero-order chi connectivity index (χ0) is 20.5. The van der Waals surface area contributed by atoms with Crippen LogP contribution in [0.25, 0.3) is 0 Å². The molecule has 3 rings (SSSR count). The second-order valence-corrected chi connectivity index (χ2v) is 9.11. The number of carbonyl (C=O) groups is 2. The fourth-order valence-electron chi connectivity index (χ4n) is 4.13. The van der Waals surface area contributed by atoms with Crippen LogP contribution in [0.5, 0.6) is 0 Å². The zero-order valence-corrected chi connectivity index (χ0v) is 17.9. The monoisotopic (exact) mass is 403 g/mol. The smallest absolute Gasteiger partial charge is 0.321 e. The van der Waals surface area contributed by atoms with Gasteiger partial charge in [-0.1, -0.05) is 43.2 Å².